The molecule has 2 saturated heterocycles. The third-order valence-electron chi connectivity index (χ3n) is 6.90. The topological polar surface area (TPSA) is 68.4 Å². The third-order valence-corrected chi connectivity index (χ3v) is 7.48. The molecule has 2 unspecified atom stereocenters. The van der Waals surface area contributed by atoms with Crippen LogP contribution in [0, 0.1) is 0 Å². The van der Waals surface area contributed by atoms with Crippen LogP contribution in [0.1, 0.15) is 49.0 Å². The molecule has 6 nitrogen and oxygen atoms in total. The SMILES string of the molecule is CC1CN[C@@H](C)CN1C(=CC1CCCCN1)Nc1ccc(C(=O)NCCc2ccc(Cl)cc2Cl)cc1. The summed E-state index contributed by atoms with van der Waals surface area (Å²) in [6, 6.07) is 14.3. The van der Waals surface area contributed by atoms with Crippen LogP contribution >= 0.6 is 23.2 Å². The molecule has 0 saturated carbocycles. The van der Waals surface area contributed by atoms with Gasteiger partial charge in [0.05, 0.1) is 0 Å². The molecule has 4 N–H and O–H groups in total. The number of hydrogen-bond donors (Lipinski definition) is 4. The van der Waals surface area contributed by atoms with Crippen LogP contribution in [-0.4, -0.2) is 55.1 Å². The van der Waals surface area contributed by atoms with Crippen molar-refractivity contribution in [2.75, 3.05) is 31.5 Å². The summed E-state index contributed by atoms with van der Waals surface area (Å²) < 4.78 is 0. The second-order valence-electron chi connectivity index (χ2n) is 9.86. The normalized spacial score (nSPS) is 22.8. The molecule has 0 aliphatic carbocycles. The summed E-state index contributed by atoms with van der Waals surface area (Å²) in [6.07, 6.45) is 6.64. The highest BCUT2D eigenvalue weighted by atomic mass is 35.5. The molecule has 2 heterocycles. The number of nitrogens with zero attached hydrogens (tertiary/aromatic N) is 1. The Bertz CT molecular complexity index is 1050. The fraction of sp³-hybridized carbons (Fsp3) is 0.464. The third kappa shape index (κ3) is 7.39. The average molecular weight is 531 g/mol. The van der Waals surface area contributed by atoms with Crippen molar-refractivity contribution in [2.45, 2.75) is 57.7 Å². The molecule has 1 amide bonds. The quantitative estimate of drug-likeness (QED) is 0.385. The van der Waals surface area contributed by atoms with Crippen LogP contribution < -0.4 is 21.3 Å². The Labute approximate surface area is 224 Å². The molecule has 8 heteroatoms. The van der Waals surface area contributed by atoms with Crippen LogP contribution in [0.2, 0.25) is 10.0 Å². The van der Waals surface area contributed by atoms with Crippen molar-refractivity contribution in [1.82, 2.24) is 20.9 Å². The van der Waals surface area contributed by atoms with Crippen molar-refractivity contribution < 1.29 is 4.79 Å². The van der Waals surface area contributed by atoms with E-state index in [0.29, 0.717) is 46.7 Å². The van der Waals surface area contributed by atoms with Gasteiger partial charge in [0, 0.05) is 59.1 Å². The maximum Gasteiger partial charge on any atom is 0.251 e. The van der Waals surface area contributed by atoms with Crippen molar-refractivity contribution in [2.24, 2.45) is 0 Å². The Morgan fingerprint density at radius 2 is 1.92 bits per heavy atom. The number of carbonyl (C=O) groups excluding carboxylic acids is 1. The summed E-state index contributed by atoms with van der Waals surface area (Å²) in [5.74, 6) is 1.03. The minimum atomic E-state index is -0.0987. The summed E-state index contributed by atoms with van der Waals surface area (Å²) in [4.78, 5) is 15.1. The number of piperazine rings is 1. The highest BCUT2D eigenvalue weighted by Crippen LogP contribution is 2.22. The maximum atomic E-state index is 12.7. The zero-order valence-electron chi connectivity index (χ0n) is 21.1. The van der Waals surface area contributed by atoms with Crippen LogP contribution in [-0.2, 0) is 6.42 Å². The number of anilines is 1. The minimum absolute atomic E-state index is 0.0987. The van der Waals surface area contributed by atoms with E-state index in [2.05, 4.69) is 46.1 Å². The monoisotopic (exact) mass is 529 g/mol. The lowest BCUT2D eigenvalue weighted by Gasteiger charge is -2.41. The fourth-order valence-corrected chi connectivity index (χ4v) is 5.27. The first-order chi connectivity index (χ1) is 17.4. The van der Waals surface area contributed by atoms with E-state index < -0.39 is 0 Å². The largest absolute Gasteiger partial charge is 0.353 e. The van der Waals surface area contributed by atoms with Crippen LogP contribution in [0.25, 0.3) is 0 Å². The lowest BCUT2D eigenvalue weighted by Crippen LogP contribution is -2.54. The van der Waals surface area contributed by atoms with Crippen LogP contribution in [0.15, 0.2) is 54.4 Å². The van der Waals surface area contributed by atoms with Crippen LogP contribution in [0.4, 0.5) is 5.69 Å². The first-order valence-corrected chi connectivity index (χ1v) is 13.7. The van der Waals surface area contributed by atoms with Gasteiger partial charge in [0.15, 0.2) is 0 Å². The lowest BCUT2D eigenvalue weighted by molar-refractivity contribution is 0.0954. The number of piperidine rings is 1. The van der Waals surface area contributed by atoms with Crippen molar-refractivity contribution >= 4 is 34.8 Å². The van der Waals surface area contributed by atoms with Crippen molar-refractivity contribution in [3.63, 3.8) is 0 Å². The Morgan fingerprint density at radius 1 is 1.11 bits per heavy atom. The first kappa shape index (κ1) is 26.8. The van der Waals surface area contributed by atoms with E-state index in [1.54, 1.807) is 6.07 Å². The number of nitrogens with one attached hydrogen (secondary N) is 4. The Morgan fingerprint density at radius 3 is 2.64 bits per heavy atom. The van der Waals surface area contributed by atoms with Gasteiger partial charge in [0.1, 0.15) is 5.82 Å². The number of benzene rings is 2. The summed E-state index contributed by atoms with van der Waals surface area (Å²) in [7, 11) is 0. The van der Waals surface area contributed by atoms with Gasteiger partial charge in [-0.1, -0.05) is 35.7 Å². The molecule has 0 bridgehead atoms. The lowest BCUT2D eigenvalue weighted by atomic mass is 10.0. The summed E-state index contributed by atoms with van der Waals surface area (Å²) in [5.41, 5.74) is 2.57. The highest BCUT2D eigenvalue weighted by Gasteiger charge is 2.25. The minimum Gasteiger partial charge on any atom is -0.353 e. The van der Waals surface area contributed by atoms with Gasteiger partial charge in [-0.15, -0.1) is 0 Å². The Hall–Kier alpha value is -2.25. The second-order valence-corrected chi connectivity index (χ2v) is 10.7. The number of hydrogen-bond acceptors (Lipinski definition) is 5. The van der Waals surface area contributed by atoms with E-state index in [-0.39, 0.29) is 5.91 Å². The zero-order chi connectivity index (χ0) is 25.5. The van der Waals surface area contributed by atoms with E-state index in [1.807, 2.05) is 36.4 Å². The Balaban J connectivity index is 1.39. The molecule has 2 aliphatic rings. The van der Waals surface area contributed by atoms with Crippen molar-refractivity contribution in [1.29, 1.82) is 0 Å². The first-order valence-electron chi connectivity index (χ1n) is 12.9. The molecule has 2 aliphatic heterocycles. The van der Waals surface area contributed by atoms with Crippen LogP contribution in [0.3, 0.4) is 0 Å². The van der Waals surface area contributed by atoms with Gasteiger partial charge >= 0.3 is 0 Å². The predicted molar refractivity (Wildman–Crippen MR) is 150 cm³/mol. The zero-order valence-corrected chi connectivity index (χ0v) is 22.6. The molecule has 2 aromatic carbocycles. The number of halogens is 2. The van der Waals surface area contributed by atoms with Gasteiger partial charge in [-0.05, 0) is 87.7 Å². The number of carbonyl (C=O) groups is 1. The smallest absolute Gasteiger partial charge is 0.251 e. The van der Waals surface area contributed by atoms with Crippen LogP contribution in [0.5, 0.6) is 0 Å². The average Bonchev–Trinajstić information content (AvgIpc) is 2.87. The van der Waals surface area contributed by atoms with Crippen molar-refractivity contribution in [3.8, 4) is 0 Å². The van der Waals surface area contributed by atoms with Gasteiger partial charge in [0.25, 0.3) is 5.91 Å². The van der Waals surface area contributed by atoms with E-state index in [1.165, 1.54) is 12.8 Å². The Kier molecular flexibility index (Phi) is 9.54. The van der Waals surface area contributed by atoms with Gasteiger partial charge in [-0.2, -0.15) is 0 Å². The van der Waals surface area contributed by atoms with Gasteiger partial charge < -0.3 is 26.2 Å². The summed E-state index contributed by atoms with van der Waals surface area (Å²) in [5, 5.41) is 15.1. The molecule has 3 atom stereocenters. The van der Waals surface area contributed by atoms with Gasteiger partial charge in [-0.25, -0.2) is 0 Å². The van der Waals surface area contributed by atoms with E-state index in [0.717, 1.165) is 43.1 Å². The molecule has 0 aromatic heterocycles. The molecule has 2 aromatic rings. The van der Waals surface area contributed by atoms with Gasteiger partial charge in [-0.3, -0.25) is 4.79 Å². The molecular weight excluding hydrogens is 493 g/mol. The highest BCUT2D eigenvalue weighted by molar-refractivity contribution is 6.35. The molecule has 0 spiro atoms. The van der Waals surface area contributed by atoms with E-state index in [9.17, 15) is 4.79 Å². The predicted octanol–water partition coefficient (Wildman–Crippen LogP) is 5.04. The van der Waals surface area contributed by atoms with E-state index in [4.69, 9.17) is 23.2 Å². The molecule has 0 radical (unpaired) electrons. The maximum absolute atomic E-state index is 12.7. The second kappa shape index (κ2) is 12.8. The van der Waals surface area contributed by atoms with Gasteiger partial charge in [0.2, 0.25) is 0 Å². The molecule has 2 fully saturated rings. The molecular formula is C28H37Cl2N5O. The summed E-state index contributed by atoms with van der Waals surface area (Å²) in [6.45, 7) is 7.96. The molecule has 4 rings (SSSR count). The standard InChI is InChI=1S/C28H37Cl2N5O/c1-19-18-35(20(2)17-33-19)27(16-25-5-3-4-13-31-25)34-24-10-7-22(8-11-24)28(36)32-14-12-21-6-9-23(29)15-26(21)30/h6-11,15-16,19-20,25,31,33-34H,3-5,12-14,17-18H2,1-2H3,(H,32,36)/t19-,20?,25?/m0/s1. The van der Waals surface area contributed by atoms with Crippen molar-refractivity contribution in [3.05, 3.63) is 75.5 Å². The number of amides is 1. The van der Waals surface area contributed by atoms with E-state index >= 15 is 0 Å². The fourth-order valence-electron chi connectivity index (χ4n) is 4.77. The molecule has 194 valence electrons. The summed E-state index contributed by atoms with van der Waals surface area (Å²) >= 11 is 12.2. The number of rotatable bonds is 8. The molecule has 36 heavy (non-hydrogen) atoms.